The number of primary amides is 1. The second-order valence-corrected chi connectivity index (χ2v) is 4.96. The van der Waals surface area contributed by atoms with Gasteiger partial charge in [-0.2, -0.15) is 5.26 Å². The smallest absolute Gasteiger partial charge is 0.248 e. The van der Waals surface area contributed by atoms with Gasteiger partial charge in [0, 0.05) is 23.7 Å². The van der Waals surface area contributed by atoms with Gasteiger partial charge in [-0.25, -0.2) is 4.39 Å². The number of nitrogens with zero attached hydrogens (tertiary/aromatic N) is 1. The molecule has 120 valence electrons. The first kappa shape index (κ1) is 16.9. The minimum Gasteiger partial charge on any atom is -0.366 e. The maximum absolute atomic E-state index is 13.7. The Morgan fingerprint density at radius 3 is 2.50 bits per heavy atom. The molecule has 24 heavy (non-hydrogen) atoms. The van der Waals surface area contributed by atoms with Crippen LogP contribution in [0.15, 0.2) is 48.5 Å². The highest BCUT2D eigenvalue weighted by molar-refractivity contribution is 5.94. The largest absolute Gasteiger partial charge is 0.366 e. The summed E-state index contributed by atoms with van der Waals surface area (Å²) in [4.78, 5) is 22.7. The third kappa shape index (κ3) is 4.52. The first-order chi connectivity index (χ1) is 11.5. The fourth-order valence-electron chi connectivity index (χ4n) is 1.93. The molecule has 0 heterocycles. The summed E-state index contributed by atoms with van der Waals surface area (Å²) < 4.78 is 13.7. The van der Waals surface area contributed by atoms with Gasteiger partial charge < -0.3 is 11.1 Å². The van der Waals surface area contributed by atoms with E-state index in [0.29, 0.717) is 11.1 Å². The van der Waals surface area contributed by atoms with Crippen molar-refractivity contribution in [2.45, 2.75) is 6.54 Å². The number of halogens is 1. The molecular weight excluding hydrogens is 309 g/mol. The molecule has 0 aliphatic carbocycles. The number of hydrogen-bond acceptors (Lipinski definition) is 3. The third-order valence-electron chi connectivity index (χ3n) is 3.26. The van der Waals surface area contributed by atoms with Gasteiger partial charge >= 0.3 is 0 Å². The van der Waals surface area contributed by atoms with Gasteiger partial charge in [-0.3, -0.25) is 9.59 Å². The average Bonchev–Trinajstić information content (AvgIpc) is 2.59. The third-order valence-corrected chi connectivity index (χ3v) is 3.26. The number of nitrogens with one attached hydrogen (secondary N) is 1. The molecule has 0 saturated carbocycles. The number of hydrogen-bond donors (Lipinski definition) is 2. The molecule has 0 saturated heterocycles. The molecule has 2 aromatic rings. The van der Waals surface area contributed by atoms with E-state index in [1.165, 1.54) is 18.2 Å². The van der Waals surface area contributed by atoms with Crippen molar-refractivity contribution in [3.05, 3.63) is 76.6 Å². The molecule has 0 radical (unpaired) electrons. The van der Waals surface area contributed by atoms with Gasteiger partial charge in [-0.15, -0.1) is 0 Å². The first-order valence-corrected chi connectivity index (χ1v) is 7.04. The highest BCUT2D eigenvalue weighted by Gasteiger charge is 2.05. The number of benzene rings is 2. The summed E-state index contributed by atoms with van der Waals surface area (Å²) >= 11 is 0. The Labute approximate surface area is 138 Å². The summed E-state index contributed by atoms with van der Waals surface area (Å²) in [6.45, 7) is 0.0152. The van der Waals surface area contributed by atoms with Gasteiger partial charge in [0.1, 0.15) is 5.82 Å². The standard InChI is InChI=1S/C18H14FN3O2/c19-16-9-13(10-20)3-7-15(16)11-22-17(23)8-4-12-1-5-14(6-2-12)18(21)24/h1-9H,11H2,(H2,21,24)(H,22,23)/b8-4+. The van der Waals surface area contributed by atoms with Gasteiger partial charge in [-0.05, 0) is 35.9 Å². The zero-order chi connectivity index (χ0) is 17.5. The summed E-state index contributed by atoms with van der Waals surface area (Å²) in [5, 5.41) is 11.2. The lowest BCUT2D eigenvalue weighted by Gasteiger charge is -2.04. The topological polar surface area (TPSA) is 96.0 Å². The first-order valence-electron chi connectivity index (χ1n) is 7.04. The van der Waals surface area contributed by atoms with Crippen molar-refractivity contribution in [3.8, 4) is 6.07 Å². The van der Waals surface area contributed by atoms with Crippen LogP contribution in [0, 0.1) is 17.1 Å². The second kappa shape index (κ2) is 7.70. The van der Waals surface area contributed by atoms with Crippen molar-refractivity contribution in [1.82, 2.24) is 5.32 Å². The summed E-state index contributed by atoms with van der Waals surface area (Å²) in [7, 11) is 0. The molecular formula is C18H14FN3O2. The van der Waals surface area contributed by atoms with Crippen molar-refractivity contribution < 1.29 is 14.0 Å². The summed E-state index contributed by atoms with van der Waals surface area (Å²) in [5.74, 6) is -1.45. The molecule has 3 N–H and O–H groups in total. The summed E-state index contributed by atoms with van der Waals surface area (Å²) in [5.41, 5.74) is 6.76. The predicted octanol–water partition coefficient (Wildman–Crippen LogP) is 2.13. The van der Waals surface area contributed by atoms with Crippen molar-refractivity contribution in [2.24, 2.45) is 5.73 Å². The lowest BCUT2D eigenvalue weighted by Crippen LogP contribution is -2.20. The Kier molecular flexibility index (Phi) is 5.42. The molecule has 0 unspecified atom stereocenters. The number of nitriles is 1. The number of rotatable bonds is 5. The van der Waals surface area contributed by atoms with Crippen LogP contribution < -0.4 is 11.1 Å². The molecule has 6 heteroatoms. The van der Waals surface area contributed by atoms with E-state index in [1.807, 2.05) is 6.07 Å². The molecule has 0 spiro atoms. The monoisotopic (exact) mass is 323 g/mol. The SMILES string of the molecule is N#Cc1ccc(CNC(=O)/C=C/c2ccc(C(N)=O)cc2)c(F)c1. The molecule has 2 amide bonds. The van der Waals surface area contributed by atoms with Crippen molar-refractivity contribution in [2.75, 3.05) is 0 Å². The van der Waals surface area contributed by atoms with Gasteiger partial charge in [0.05, 0.1) is 11.6 Å². The highest BCUT2D eigenvalue weighted by atomic mass is 19.1. The predicted molar refractivity (Wildman–Crippen MR) is 87.0 cm³/mol. The van der Waals surface area contributed by atoms with Crippen LogP contribution in [0.25, 0.3) is 6.08 Å². The van der Waals surface area contributed by atoms with Crippen LogP contribution in [0.3, 0.4) is 0 Å². The van der Waals surface area contributed by atoms with Gasteiger partial charge in [0.25, 0.3) is 0 Å². The van der Waals surface area contributed by atoms with Crippen LogP contribution in [0.4, 0.5) is 4.39 Å². The van der Waals surface area contributed by atoms with Crippen LogP contribution in [-0.4, -0.2) is 11.8 Å². The lowest BCUT2D eigenvalue weighted by atomic mass is 10.1. The number of nitrogens with two attached hydrogens (primary N) is 1. The molecule has 2 aromatic carbocycles. The Balaban J connectivity index is 1.93. The Hall–Kier alpha value is -3.46. The second-order valence-electron chi connectivity index (χ2n) is 4.96. The van der Waals surface area contributed by atoms with Crippen LogP contribution in [0.2, 0.25) is 0 Å². The Morgan fingerprint density at radius 1 is 1.21 bits per heavy atom. The molecule has 0 aliphatic rings. The Bertz CT molecular complexity index is 836. The molecule has 0 fully saturated rings. The molecule has 0 aliphatic heterocycles. The molecule has 2 rings (SSSR count). The van der Waals surface area contributed by atoms with Crippen LogP contribution in [0.1, 0.15) is 27.0 Å². The fourth-order valence-corrected chi connectivity index (χ4v) is 1.93. The van der Waals surface area contributed by atoms with Gasteiger partial charge in [-0.1, -0.05) is 18.2 Å². The summed E-state index contributed by atoms with van der Waals surface area (Å²) in [6, 6.07) is 12.3. The molecule has 0 atom stereocenters. The van der Waals surface area contributed by atoms with Crippen LogP contribution in [0.5, 0.6) is 0 Å². The quantitative estimate of drug-likeness (QED) is 0.825. The maximum Gasteiger partial charge on any atom is 0.248 e. The van der Waals surface area contributed by atoms with E-state index in [4.69, 9.17) is 11.0 Å². The van der Waals surface area contributed by atoms with Crippen LogP contribution in [-0.2, 0) is 11.3 Å². The average molecular weight is 323 g/mol. The number of amides is 2. The number of carbonyl (C=O) groups excluding carboxylic acids is 2. The molecule has 0 bridgehead atoms. The van der Waals surface area contributed by atoms with Crippen molar-refractivity contribution >= 4 is 17.9 Å². The highest BCUT2D eigenvalue weighted by Crippen LogP contribution is 2.10. The number of carbonyl (C=O) groups is 2. The van der Waals surface area contributed by atoms with E-state index in [1.54, 1.807) is 30.3 Å². The minimum atomic E-state index is -0.541. The van der Waals surface area contributed by atoms with E-state index in [0.717, 1.165) is 11.6 Å². The van der Waals surface area contributed by atoms with E-state index in [9.17, 15) is 14.0 Å². The molecule has 5 nitrogen and oxygen atoms in total. The van der Waals surface area contributed by atoms with E-state index >= 15 is 0 Å². The van der Waals surface area contributed by atoms with E-state index < -0.39 is 17.6 Å². The van der Waals surface area contributed by atoms with Crippen molar-refractivity contribution in [3.63, 3.8) is 0 Å². The summed E-state index contributed by atoms with van der Waals surface area (Å²) in [6.07, 6.45) is 2.87. The zero-order valence-electron chi connectivity index (χ0n) is 12.6. The van der Waals surface area contributed by atoms with Crippen molar-refractivity contribution in [1.29, 1.82) is 5.26 Å². The zero-order valence-corrected chi connectivity index (χ0v) is 12.6. The Morgan fingerprint density at radius 2 is 1.92 bits per heavy atom. The lowest BCUT2D eigenvalue weighted by molar-refractivity contribution is -0.116. The van der Waals surface area contributed by atoms with Gasteiger partial charge in [0.15, 0.2) is 0 Å². The normalized spacial score (nSPS) is 10.3. The van der Waals surface area contributed by atoms with E-state index in [-0.39, 0.29) is 12.1 Å². The van der Waals surface area contributed by atoms with Crippen LogP contribution >= 0.6 is 0 Å². The van der Waals surface area contributed by atoms with E-state index in [2.05, 4.69) is 5.32 Å². The fraction of sp³-hybridized carbons (Fsp3) is 0.0556. The van der Waals surface area contributed by atoms with Gasteiger partial charge in [0.2, 0.25) is 11.8 Å². The maximum atomic E-state index is 13.7. The minimum absolute atomic E-state index is 0.0152. The molecule has 0 aromatic heterocycles.